The number of aryl methyl sites for hydroxylation is 1. The summed E-state index contributed by atoms with van der Waals surface area (Å²) < 4.78 is 24.4. The highest BCUT2D eigenvalue weighted by molar-refractivity contribution is 6.15. The molecule has 0 amide bonds. The van der Waals surface area contributed by atoms with E-state index in [0.29, 0.717) is 5.82 Å². The van der Waals surface area contributed by atoms with Crippen molar-refractivity contribution in [2.45, 2.75) is 0 Å². The van der Waals surface area contributed by atoms with Crippen molar-refractivity contribution in [1.29, 1.82) is 0 Å². The second-order valence-corrected chi connectivity index (χ2v) is 8.81. The SMILES string of the molecule is C[n+]1cc2c3c(ccc2c2ccc4cc5c(cc4c21)OCO5)OCO3.NNc1nncc2ccccc12. The molecular formula is C28H22N5O4+. The molecule has 4 heterocycles. The van der Waals surface area contributed by atoms with E-state index in [-0.39, 0.29) is 13.6 Å². The van der Waals surface area contributed by atoms with E-state index in [9.17, 15) is 0 Å². The highest BCUT2D eigenvalue weighted by atomic mass is 16.7. The van der Waals surface area contributed by atoms with Gasteiger partial charge in [0.25, 0.3) is 0 Å². The molecule has 182 valence electrons. The van der Waals surface area contributed by atoms with Crippen molar-refractivity contribution in [3.63, 3.8) is 0 Å². The first-order valence-corrected chi connectivity index (χ1v) is 11.8. The molecule has 2 aliphatic rings. The number of hydrogen-bond acceptors (Lipinski definition) is 8. The van der Waals surface area contributed by atoms with E-state index in [4.69, 9.17) is 24.8 Å². The molecule has 0 fully saturated rings. The third kappa shape index (κ3) is 3.40. The van der Waals surface area contributed by atoms with Crippen molar-refractivity contribution in [1.82, 2.24) is 10.2 Å². The fourth-order valence-corrected chi connectivity index (χ4v) is 5.04. The molecule has 0 atom stereocenters. The monoisotopic (exact) mass is 492 g/mol. The number of rotatable bonds is 1. The van der Waals surface area contributed by atoms with Crippen LogP contribution < -0.4 is 34.8 Å². The van der Waals surface area contributed by atoms with Crippen LogP contribution in [0, 0.1) is 0 Å². The second-order valence-electron chi connectivity index (χ2n) is 8.81. The summed E-state index contributed by atoms with van der Waals surface area (Å²) in [6.07, 6.45) is 3.81. The maximum Gasteiger partial charge on any atom is 0.231 e. The number of nitrogens with zero attached hydrogens (tertiary/aromatic N) is 3. The second kappa shape index (κ2) is 8.35. The first kappa shape index (κ1) is 21.4. The van der Waals surface area contributed by atoms with E-state index >= 15 is 0 Å². The van der Waals surface area contributed by atoms with Gasteiger partial charge in [0.1, 0.15) is 7.05 Å². The lowest BCUT2D eigenvalue weighted by Gasteiger charge is -2.08. The molecule has 6 aromatic rings. The summed E-state index contributed by atoms with van der Waals surface area (Å²) >= 11 is 0. The molecule has 2 aromatic heterocycles. The Hall–Kier alpha value is -4.89. The molecule has 0 unspecified atom stereocenters. The van der Waals surface area contributed by atoms with Gasteiger partial charge in [0.15, 0.2) is 35.0 Å². The zero-order valence-corrected chi connectivity index (χ0v) is 19.9. The van der Waals surface area contributed by atoms with E-state index in [2.05, 4.69) is 57.7 Å². The number of nitrogen functional groups attached to an aromatic ring is 1. The van der Waals surface area contributed by atoms with Gasteiger partial charge in [-0.15, -0.1) is 5.10 Å². The number of ether oxygens (including phenoxy) is 4. The van der Waals surface area contributed by atoms with Crippen LogP contribution in [0.2, 0.25) is 0 Å². The van der Waals surface area contributed by atoms with E-state index in [1.54, 1.807) is 6.20 Å². The number of benzene rings is 4. The van der Waals surface area contributed by atoms with Crippen LogP contribution in [0.1, 0.15) is 0 Å². The Morgan fingerprint density at radius 1 is 0.757 bits per heavy atom. The third-order valence-electron chi connectivity index (χ3n) is 6.74. The molecule has 0 spiro atoms. The number of nitrogens with one attached hydrogen (secondary N) is 1. The summed E-state index contributed by atoms with van der Waals surface area (Å²) in [4.78, 5) is 0. The molecule has 0 aliphatic carbocycles. The standard InChI is InChI=1S/C20H14NO4.C8H8N4/c1-21-8-15-12(4-5-16-20(15)25-10-22-16)13-3-2-11-6-17-18(24-9-23-17)7-14(11)19(13)21;9-11-8-7-4-2-1-3-6(7)5-10-12-8/h2-8H,9-10H2,1H3;1-5H,9H2,(H,11,12)/q+1;. The number of hydrazine groups is 1. The first-order chi connectivity index (χ1) is 18.2. The van der Waals surface area contributed by atoms with Gasteiger partial charge in [-0.3, -0.25) is 0 Å². The fraction of sp³-hybridized carbons (Fsp3) is 0.107. The lowest BCUT2D eigenvalue weighted by atomic mass is 10.00. The van der Waals surface area contributed by atoms with Crippen molar-refractivity contribution >= 4 is 49.0 Å². The Labute approximate surface area is 210 Å². The number of hydrogen-bond donors (Lipinski definition) is 2. The Balaban J connectivity index is 0.000000162. The first-order valence-electron chi connectivity index (χ1n) is 11.8. The molecular weight excluding hydrogens is 470 g/mol. The van der Waals surface area contributed by atoms with Gasteiger partial charge in [-0.2, -0.15) is 9.67 Å². The Morgan fingerprint density at radius 3 is 2.43 bits per heavy atom. The van der Waals surface area contributed by atoms with Crippen LogP contribution in [-0.2, 0) is 7.05 Å². The predicted octanol–water partition coefficient (Wildman–Crippen LogP) is 4.34. The average molecular weight is 493 g/mol. The zero-order valence-electron chi connectivity index (χ0n) is 19.9. The molecule has 0 saturated carbocycles. The van der Waals surface area contributed by atoms with Gasteiger partial charge < -0.3 is 24.4 Å². The minimum Gasteiger partial charge on any atom is -0.454 e. The molecule has 0 bridgehead atoms. The number of anilines is 1. The summed E-state index contributed by atoms with van der Waals surface area (Å²) in [6, 6.07) is 20.3. The van der Waals surface area contributed by atoms with Crippen LogP contribution in [0.25, 0.3) is 43.2 Å². The van der Waals surface area contributed by atoms with E-state index in [1.807, 2.05) is 36.4 Å². The predicted molar refractivity (Wildman–Crippen MR) is 140 cm³/mol. The summed E-state index contributed by atoms with van der Waals surface area (Å²) in [7, 11) is 2.06. The van der Waals surface area contributed by atoms with Crippen LogP contribution >= 0.6 is 0 Å². The van der Waals surface area contributed by atoms with Crippen molar-refractivity contribution < 1.29 is 23.5 Å². The van der Waals surface area contributed by atoms with Crippen LogP contribution in [0.15, 0.2) is 73.1 Å². The van der Waals surface area contributed by atoms with Crippen LogP contribution in [0.3, 0.4) is 0 Å². The van der Waals surface area contributed by atoms with Gasteiger partial charge in [-0.1, -0.05) is 30.3 Å². The summed E-state index contributed by atoms with van der Waals surface area (Å²) in [5, 5.41) is 15.3. The maximum absolute atomic E-state index is 5.69. The molecule has 0 radical (unpaired) electrons. The molecule has 4 aromatic carbocycles. The van der Waals surface area contributed by atoms with Crippen molar-refractivity contribution in [3.05, 3.63) is 73.1 Å². The van der Waals surface area contributed by atoms with Gasteiger partial charge in [0.05, 0.1) is 22.4 Å². The smallest absolute Gasteiger partial charge is 0.231 e. The Bertz CT molecular complexity index is 1850. The van der Waals surface area contributed by atoms with Gasteiger partial charge in [-0.05, 0) is 35.7 Å². The fourth-order valence-electron chi connectivity index (χ4n) is 5.04. The van der Waals surface area contributed by atoms with Crippen molar-refractivity contribution in [3.8, 4) is 23.0 Å². The number of nitrogens with two attached hydrogens (primary N) is 1. The van der Waals surface area contributed by atoms with Crippen molar-refractivity contribution in [2.75, 3.05) is 19.0 Å². The number of aromatic nitrogens is 3. The molecule has 9 nitrogen and oxygen atoms in total. The molecule has 0 saturated heterocycles. The Kier molecular flexibility index (Phi) is 4.83. The quantitative estimate of drug-likeness (QED) is 0.151. The van der Waals surface area contributed by atoms with Crippen LogP contribution in [0.4, 0.5) is 5.82 Å². The van der Waals surface area contributed by atoms with E-state index < -0.39 is 0 Å². The summed E-state index contributed by atoms with van der Waals surface area (Å²) in [5.41, 5.74) is 3.65. The lowest BCUT2D eigenvalue weighted by molar-refractivity contribution is -0.642. The van der Waals surface area contributed by atoms with E-state index in [0.717, 1.165) is 60.8 Å². The number of pyridine rings is 1. The lowest BCUT2D eigenvalue weighted by Crippen LogP contribution is -2.28. The van der Waals surface area contributed by atoms with E-state index in [1.165, 1.54) is 5.39 Å². The molecule has 2 aliphatic heterocycles. The zero-order chi connectivity index (χ0) is 24.9. The van der Waals surface area contributed by atoms with Gasteiger partial charge in [0, 0.05) is 16.2 Å². The molecule has 8 rings (SSSR count). The molecule has 3 N–H and O–H groups in total. The minimum absolute atomic E-state index is 0.275. The minimum atomic E-state index is 0.275. The maximum atomic E-state index is 5.69. The Morgan fingerprint density at radius 2 is 1.54 bits per heavy atom. The summed E-state index contributed by atoms with van der Waals surface area (Å²) in [5.74, 6) is 9.09. The highest BCUT2D eigenvalue weighted by Gasteiger charge is 2.24. The molecule has 37 heavy (non-hydrogen) atoms. The van der Waals surface area contributed by atoms with Crippen molar-refractivity contribution in [2.24, 2.45) is 12.9 Å². The van der Waals surface area contributed by atoms with Gasteiger partial charge in [0.2, 0.25) is 19.1 Å². The average Bonchev–Trinajstić information content (AvgIpc) is 3.61. The normalized spacial score (nSPS) is 13.2. The summed E-state index contributed by atoms with van der Waals surface area (Å²) in [6.45, 7) is 0.555. The highest BCUT2D eigenvalue weighted by Crippen LogP contribution is 2.43. The molecule has 9 heteroatoms. The number of fused-ring (bicyclic) bond motifs is 9. The third-order valence-corrected chi connectivity index (χ3v) is 6.74. The largest absolute Gasteiger partial charge is 0.454 e. The topological polar surface area (TPSA) is 105 Å². The van der Waals surface area contributed by atoms with Gasteiger partial charge >= 0.3 is 0 Å². The van der Waals surface area contributed by atoms with Crippen LogP contribution in [-0.4, -0.2) is 23.8 Å². The van der Waals surface area contributed by atoms with Crippen LogP contribution in [0.5, 0.6) is 23.0 Å². The van der Waals surface area contributed by atoms with Gasteiger partial charge in [-0.25, -0.2) is 5.84 Å².